The van der Waals surface area contributed by atoms with E-state index in [2.05, 4.69) is 96.9 Å². The fourth-order valence-electron chi connectivity index (χ4n) is 9.80. The molecule has 0 aromatic heterocycles. The van der Waals surface area contributed by atoms with Gasteiger partial charge in [0, 0.05) is 25.7 Å². The molecule has 0 bridgehead atoms. The van der Waals surface area contributed by atoms with Gasteiger partial charge in [0.25, 0.3) is 0 Å². The van der Waals surface area contributed by atoms with Crippen molar-refractivity contribution in [1.82, 2.24) is 0 Å². The molecule has 440 valence electrons. The Morgan fingerprint density at radius 2 is 0.610 bits per heavy atom. The second-order valence-corrected chi connectivity index (χ2v) is 27.7. The first-order chi connectivity index (χ1) is 36.1. The van der Waals surface area contributed by atoms with Gasteiger partial charge in [-0.15, -0.1) is 0 Å². The predicted molar refractivity (Wildman–Crippen MR) is 331 cm³/mol. The summed E-state index contributed by atoms with van der Waals surface area (Å²) in [5, 5.41) is 23.7. The van der Waals surface area contributed by atoms with E-state index < -0.39 is 17.4 Å². The van der Waals surface area contributed by atoms with Crippen molar-refractivity contribution in [3.05, 3.63) is 57.6 Å². The summed E-state index contributed by atoms with van der Waals surface area (Å²) in [5.74, 6) is -0.226. The van der Waals surface area contributed by atoms with Gasteiger partial charge in [-0.3, -0.25) is 9.59 Å². The van der Waals surface area contributed by atoms with Crippen LogP contribution in [0.15, 0.2) is 24.3 Å². The molecule has 0 saturated carbocycles. The summed E-state index contributed by atoms with van der Waals surface area (Å²) < 4.78 is 25.2. The second-order valence-electron chi connectivity index (χ2n) is 26.8. The molecule has 0 aliphatic rings. The minimum Gasteiger partial charge on any atom is -0.507 e. The number of phenolic OH excluding ortho intramolecular Hbond substituents is 2. The Morgan fingerprint density at radius 3 is 0.857 bits per heavy atom. The molecule has 77 heavy (non-hydrogen) atoms. The number of unbranched alkanes of at least 4 members (excludes halogenated alkanes) is 20. The highest BCUT2D eigenvalue weighted by atomic mass is 32.1. The molecule has 0 unspecified atom stereocenters. The van der Waals surface area contributed by atoms with E-state index in [1.807, 2.05) is 24.3 Å². The average Bonchev–Trinajstić information content (AvgIpc) is 3.34. The quantitative estimate of drug-likeness (QED) is 0.0383. The first-order valence-electron chi connectivity index (χ1n) is 30.5. The highest BCUT2D eigenvalue weighted by Gasteiger charge is 2.38. The molecule has 0 atom stereocenters. The third-order valence-corrected chi connectivity index (χ3v) is 15.6. The van der Waals surface area contributed by atoms with Gasteiger partial charge < -0.3 is 29.2 Å². The van der Waals surface area contributed by atoms with Crippen LogP contribution in [-0.2, 0) is 63.0 Å². The van der Waals surface area contributed by atoms with Gasteiger partial charge in [-0.05, 0) is 105 Å². The molecule has 2 aromatic rings. The van der Waals surface area contributed by atoms with E-state index in [0.29, 0.717) is 47.3 Å². The second kappa shape index (κ2) is 35.5. The topological polar surface area (TPSA) is 112 Å². The fraction of sp³-hybridized carbons (Fsp3) is 0.761. The number of hydrogen-bond acceptors (Lipinski definition) is 10. The summed E-state index contributed by atoms with van der Waals surface area (Å²) >= 11 is 11.7. The van der Waals surface area contributed by atoms with Gasteiger partial charge in [-0.25, -0.2) is 0 Å². The molecular weight excluding hydrogens is 997 g/mol. The third-order valence-electron chi connectivity index (χ3n) is 14.9. The van der Waals surface area contributed by atoms with Crippen molar-refractivity contribution in [2.45, 2.75) is 298 Å². The molecule has 2 aromatic carbocycles. The van der Waals surface area contributed by atoms with Crippen molar-refractivity contribution in [2.75, 3.05) is 26.4 Å². The molecule has 0 saturated heterocycles. The maximum absolute atomic E-state index is 13.9. The molecule has 8 nitrogen and oxygen atoms in total. The minimum absolute atomic E-state index is 0.00910. The highest BCUT2D eigenvalue weighted by Crippen LogP contribution is 2.42. The van der Waals surface area contributed by atoms with Gasteiger partial charge in [0.15, 0.2) is 10.1 Å². The zero-order valence-electron chi connectivity index (χ0n) is 51.6. The largest absolute Gasteiger partial charge is 0.507 e. The minimum atomic E-state index is -1.12. The number of carbonyl (C=O) groups is 2. The van der Waals surface area contributed by atoms with Crippen molar-refractivity contribution < 1.29 is 38.7 Å². The maximum Gasteiger partial charge on any atom is 0.306 e. The summed E-state index contributed by atoms with van der Waals surface area (Å²) in [6.07, 6.45) is 29.4. The summed E-state index contributed by atoms with van der Waals surface area (Å²) in [7, 11) is 0. The Hall–Kier alpha value is -3.24. The van der Waals surface area contributed by atoms with Crippen LogP contribution in [0.25, 0.3) is 0 Å². The lowest BCUT2D eigenvalue weighted by molar-refractivity contribution is -0.158. The van der Waals surface area contributed by atoms with Crippen LogP contribution in [0.5, 0.6) is 11.5 Å². The first-order valence-corrected chi connectivity index (χ1v) is 31.3. The number of benzene rings is 2. The number of phenols is 2. The van der Waals surface area contributed by atoms with E-state index in [1.165, 1.54) is 103 Å². The molecule has 2 rings (SSSR count). The smallest absolute Gasteiger partial charge is 0.306 e. The molecule has 0 spiro atoms. The van der Waals surface area contributed by atoms with Gasteiger partial charge in [-0.2, -0.15) is 0 Å². The van der Waals surface area contributed by atoms with Crippen molar-refractivity contribution >= 4 is 46.5 Å². The SMILES string of the molecule is CCCCCCCCCCCCCC(=S)OCC(COC(=O)CCc1cc(C(C)(C)C)c(O)c(C(C)(C)C)c1)(COC(=O)CCc1cc(C(C)(C)C)c(O)c(C(C)(C)C)c1)COC(=S)CCCCCCCCCCCCC. The molecule has 0 radical (unpaired) electrons. The lowest BCUT2D eigenvalue weighted by atomic mass is 9.78. The van der Waals surface area contributed by atoms with Crippen molar-refractivity contribution in [2.24, 2.45) is 5.41 Å². The van der Waals surface area contributed by atoms with Crippen LogP contribution in [0.1, 0.15) is 297 Å². The number of aryl methyl sites for hydroxylation is 2. The number of ether oxygens (including phenoxy) is 4. The molecular formula is C67H112O8S2. The third kappa shape index (κ3) is 28.7. The Labute approximate surface area is 482 Å². The van der Waals surface area contributed by atoms with Gasteiger partial charge in [0.05, 0.1) is 0 Å². The maximum atomic E-state index is 13.9. The average molecular weight is 1110 g/mol. The van der Waals surface area contributed by atoms with Crippen LogP contribution in [0, 0.1) is 5.41 Å². The van der Waals surface area contributed by atoms with E-state index in [0.717, 1.165) is 71.9 Å². The summed E-state index contributed by atoms with van der Waals surface area (Å²) in [6, 6.07) is 8.01. The van der Waals surface area contributed by atoms with Gasteiger partial charge >= 0.3 is 11.9 Å². The lowest BCUT2D eigenvalue weighted by Gasteiger charge is -2.32. The van der Waals surface area contributed by atoms with Crippen molar-refractivity contribution in [1.29, 1.82) is 0 Å². The van der Waals surface area contributed by atoms with Gasteiger partial charge in [-0.1, -0.05) is 250 Å². The molecule has 10 heteroatoms. The van der Waals surface area contributed by atoms with Crippen LogP contribution in [0.2, 0.25) is 0 Å². The molecule has 0 heterocycles. The zero-order valence-corrected chi connectivity index (χ0v) is 53.2. The van der Waals surface area contributed by atoms with E-state index in [-0.39, 0.29) is 60.9 Å². The standard InChI is InChI=1S/C67H112O8S2/c1-15-17-19-21-23-25-27-29-31-33-35-37-59(76)74-49-67(50-75-60(77)38-36-34-32-30-28-26-24-22-20-18-16-2,47-72-57(68)41-39-51-43-53(63(3,4)5)61(70)54(44-51)64(6,7)8)48-73-58(69)42-40-52-45-55(65(9,10)11)62(71)56(46-52)66(12,13)14/h43-46,70-71H,15-42,47-50H2,1-14H3. The van der Waals surface area contributed by atoms with E-state index in [9.17, 15) is 19.8 Å². The monoisotopic (exact) mass is 1110 g/mol. The highest BCUT2D eigenvalue weighted by molar-refractivity contribution is 7.80. The van der Waals surface area contributed by atoms with Crippen LogP contribution >= 0.6 is 24.4 Å². The predicted octanol–water partition coefficient (Wildman–Crippen LogP) is 19.0. The number of carbonyl (C=O) groups excluding carboxylic acids is 2. The summed E-state index contributed by atoms with van der Waals surface area (Å²) in [4.78, 5) is 27.8. The normalized spacial score (nSPS) is 12.4. The lowest BCUT2D eigenvalue weighted by Crippen LogP contribution is -2.43. The zero-order chi connectivity index (χ0) is 57.7. The van der Waals surface area contributed by atoms with Gasteiger partial charge in [0.1, 0.15) is 43.3 Å². The fourth-order valence-corrected chi connectivity index (χ4v) is 10.2. The Kier molecular flexibility index (Phi) is 32.2. The summed E-state index contributed by atoms with van der Waals surface area (Å²) in [5.41, 5.74) is 2.88. The molecule has 0 amide bonds. The Balaban J connectivity index is 2.36. The summed E-state index contributed by atoms with van der Waals surface area (Å²) in [6.45, 7) is 29.2. The number of thiocarbonyl (C=S) groups is 2. The van der Waals surface area contributed by atoms with E-state index in [1.54, 1.807) is 0 Å². The van der Waals surface area contributed by atoms with E-state index >= 15 is 0 Å². The van der Waals surface area contributed by atoms with Crippen molar-refractivity contribution in [3.63, 3.8) is 0 Å². The van der Waals surface area contributed by atoms with Gasteiger partial charge in [0.2, 0.25) is 0 Å². The van der Waals surface area contributed by atoms with Crippen LogP contribution in [-0.4, -0.2) is 58.7 Å². The number of esters is 2. The number of rotatable bonds is 38. The number of hydrogen-bond donors (Lipinski definition) is 2. The first kappa shape index (κ1) is 69.9. The molecule has 2 N–H and O–H groups in total. The number of aromatic hydroxyl groups is 2. The van der Waals surface area contributed by atoms with Crippen LogP contribution in [0.3, 0.4) is 0 Å². The Bertz CT molecular complexity index is 1830. The van der Waals surface area contributed by atoms with E-state index in [4.69, 9.17) is 43.4 Å². The Morgan fingerprint density at radius 1 is 0.377 bits per heavy atom. The van der Waals surface area contributed by atoms with Crippen LogP contribution in [0.4, 0.5) is 0 Å². The molecule has 0 aliphatic carbocycles. The molecule has 0 aliphatic heterocycles. The molecule has 0 fully saturated rings. The van der Waals surface area contributed by atoms with Crippen LogP contribution < -0.4 is 0 Å². The van der Waals surface area contributed by atoms with Crippen molar-refractivity contribution in [3.8, 4) is 11.5 Å².